The van der Waals surface area contributed by atoms with E-state index in [9.17, 15) is 9.59 Å². The lowest BCUT2D eigenvalue weighted by molar-refractivity contribution is -0.138. The predicted molar refractivity (Wildman–Crippen MR) is 183 cm³/mol. The first-order valence-corrected chi connectivity index (χ1v) is 18.7. The first-order chi connectivity index (χ1) is 19.7. The second kappa shape index (κ2) is 16.4. The van der Waals surface area contributed by atoms with Crippen LogP contribution in [0.4, 0.5) is 0 Å². The summed E-state index contributed by atoms with van der Waals surface area (Å²) in [5, 5.41) is 0.265. The van der Waals surface area contributed by atoms with Gasteiger partial charge in [0.05, 0.1) is 14.2 Å². The van der Waals surface area contributed by atoms with Gasteiger partial charge in [0.25, 0.3) is 0 Å². The lowest BCUT2D eigenvalue weighted by Gasteiger charge is -2.50. The maximum atomic E-state index is 14.0. The van der Waals surface area contributed by atoms with E-state index in [1.807, 2.05) is 0 Å². The molecule has 0 saturated carbocycles. The molecule has 0 N–H and O–H groups in total. The molecular weight excluding hydrogens is 582 g/mol. The van der Waals surface area contributed by atoms with Crippen LogP contribution >= 0.6 is 15.7 Å². The number of carbonyl (C=O) groups excluding carboxylic acids is 2. The highest BCUT2D eigenvalue weighted by Crippen LogP contribution is 2.70. The molecule has 1 aliphatic heterocycles. The molecule has 1 rings (SSSR count). The Morgan fingerprint density at radius 1 is 0.605 bits per heavy atom. The number of nitrogens with zero attached hydrogens (tertiary/aromatic N) is 6. The van der Waals surface area contributed by atoms with Gasteiger partial charge in [0, 0.05) is 48.3 Å². The molecule has 0 radical (unpaired) electrons. The van der Waals surface area contributed by atoms with Crippen LogP contribution in [-0.2, 0) is 19.1 Å². The quantitative estimate of drug-likeness (QED) is 0.132. The molecule has 1 aliphatic rings. The summed E-state index contributed by atoms with van der Waals surface area (Å²) in [4.78, 5) is 27.9. The molecule has 0 fully saturated rings. The van der Waals surface area contributed by atoms with Crippen molar-refractivity contribution in [1.82, 2.24) is 18.7 Å². The van der Waals surface area contributed by atoms with E-state index in [4.69, 9.17) is 19.0 Å². The zero-order chi connectivity index (χ0) is 33.7. The van der Waals surface area contributed by atoms with Crippen LogP contribution in [0.15, 0.2) is 20.4 Å². The fourth-order valence-electron chi connectivity index (χ4n) is 6.43. The van der Waals surface area contributed by atoms with Gasteiger partial charge >= 0.3 is 11.9 Å². The Balaban J connectivity index is 4.71. The molecular formula is C31H62N6O4P2. The van der Waals surface area contributed by atoms with Crippen molar-refractivity contribution >= 4 is 33.5 Å². The fraction of sp³-hybridized carbons (Fsp3) is 0.839. The SMILES string of the molecule is COC(=O)C1=C(C(=O)OC)P(N(C(C)C)C(C)C)(N(C(C)C)C(C)C)=N/C1=N/P(N(C(C)C)C(C)C)N(C(C)C)C(C)C. The Morgan fingerprint density at radius 2 is 0.930 bits per heavy atom. The lowest BCUT2D eigenvalue weighted by Crippen LogP contribution is -2.46. The molecule has 0 amide bonds. The molecule has 0 aromatic heterocycles. The van der Waals surface area contributed by atoms with Gasteiger partial charge in [0.1, 0.15) is 18.2 Å². The summed E-state index contributed by atoms with van der Waals surface area (Å²) < 4.78 is 31.3. The van der Waals surface area contributed by atoms with Crippen molar-refractivity contribution in [3.8, 4) is 0 Å². The highest BCUT2D eigenvalue weighted by molar-refractivity contribution is 7.68. The van der Waals surface area contributed by atoms with E-state index in [1.54, 1.807) is 0 Å². The van der Waals surface area contributed by atoms with E-state index in [0.29, 0.717) is 0 Å². The van der Waals surface area contributed by atoms with Gasteiger partial charge in [-0.25, -0.2) is 37.8 Å². The van der Waals surface area contributed by atoms with Crippen LogP contribution in [0, 0.1) is 0 Å². The normalized spacial score (nSPS) is 17.0. The largest absolute Gasteiger partial charge is 0.465 e. The smallest absolute Gasteiger partial charge is 0.343 e. The fourth-order valence-corrected chi connectivity index (χ4v) is 13.7. The Hall–Kier alpha value is -1.15. The Labute approximate surface area is 264 Å². The van der Waals surface area contributed by atoms with Crippen LogP contribution in [0.25, 0.3) is 0 Å². The molecule has 250 valence electrons. The van der Waals surface area contributed by atoms with Crippen LogP contribution in [0.1, 0.15) is 111 Å². The molecule has 0 aromatic carbocycles. The summed E-state index contributed by atoms with van der Waals surface area (Å²) in [6.45, 7) is 34.3. The van der Waals surface area contributed by atoms with Gasteiger partial charge in [-0.1, -0.05) is 0 Å². The number of carbonyl (C=O) groups is 2. The van der Waals surface area contributed by atoms with Crippen LogP contribution in [-0.4, -0.2) is 99.0 Å². The first-order valence-electron chi connectivity index (χ1n) is 15.8. The summed E-state index contributed by atoms with van der Waals surface area (Å²) in [7, 11) is -1.77. The number of esters is 2. The molecule has 12 heteroatoms. The van der Waals surface area contributed by atoms with Crippen LogP contribution < -0.4 is 0 Å². The number of rotatable bonds is 15. The third-order valence-corrected chi connectivity index (χ3v) is 14.9. The number of ether oxygens (including phenoxy) is 2. The zero-order valence-corrected chi connectivity index (χ0v) is 32.1. The Bertz CT molecular complexity index is 1010. The minimum Gasteiger partial charge on any atom is -0.465 e. The van der Waals surface area contributed by atoms with Crippen LogP contribution in [0.2, 0.25) is 0 Å². The van der Waals surface area contributed by atoms with E-state index in [1.165, 1.54) is 14.2 Å². The lowest BCUT2D eigenvalue weighted by atomic mass is 10.2. The van der Waals surface area contributed by atoms with Crippen LogP contribution in [0.5, 0.6) is 0 Å². The molecule has 10 nitrogen and oxygen atoms in total. The second-order valence-corrected chi connectivity index (χ2v) is 17.7. The number of hydrogen-bond acceptors (Lipinski definition) is 9. The van der Waals surface area contributed by atoms with Crippen molar-refractivity contribution in [3.05, 3.63) is 10.9 Å². The third-order valence-electron chi connectivity index (χ3n) is 7.24. The number of amidine groups is 1. The Kier molecular flexibility index (Phi) is 15.2. The first kappa shape index (κ1) is 39.9. The van der Waals surface area contributed by atoms with Gasteiger partial charge < -0.3 is 9.47 Å². The summed E-state index contributed by atoms with van der Waals surface area (Å²) in [6, 6.07) is 0.703. The third kappa shape index (κ3) is 8.37. The Morgan fingerprint density at radius 3 is 1.19 bits per heavy atom. The molecule has 0 aliphatic carbocycles. The minimum atomic E-state index is -3.13. The summed E-state index contributed by atoms with van der Waals surface area (Å²) >= 11 is 0. The van der Waals surface area contributed by atoms with E-state index in [-0.39, 0.29) is 65.1 Å². The van der Waals surface area contributed by atoms with Gasteiger partial charge in [-0.15, -0.1) is 0 Å². The predicted octanol–water partition coefficient (Wildman–Crippen LogP) is 7.73. The number of methoxy groups -OCH3 is 2. The average Bonchev–Trinajstić information content (AvgIpc) is 3.15. The molecule has 0 bridgehead atoms. The second-order valence-electron chi connectivity index (χ2n) is 13.3. The molecule has 0 saturated heterocycles. The molecule has 0 unspecified atom stereocenters. The topological polar surface area (TPSA) is 90.3 Å². The van der Waals surface area contributed by atoms with Crippen LogP contribution in [0.3, 0.4) is 0 Å². The zero-order valence-electron chi connectivity index (χ0n) is 30.3. The van der Waals surface area contributed by atoms with Crippen molar-refractivity contribution in [2.75, 3.05) is 14.2 Å². The van der Waals surface area contributed by atoms with Gasteiger partial charge in [-0.05, 0) is 111 Å². The summed E-state index contributed by atoms with van der Waals surface area (Å²) in [5.41, 5.74) is 0.118. The monoisotopic (exact) mass is 644 g/mol. The summed E-state index contributed by atoms with van der Waals surface area (Å²) in [5.74, 6) is -0.915. The maximum Gasteiger partial charge on any atom is 0.343 e. The molecule has 43 heavy (non-hydrogen) atoms. The van der Waals surface area contributed by atoms with Crippen molar-refractivity contribution < 1.29 is 19.1 Å². The van der Waals surface area contributed by atoms with E-state index >= 15 is 0 Å². The highest BCUT2D eigenvalue weighted by atomic mass is 31.2. The van der Waals surface area contributed by atoms with E-state index in [2.05, 4.69) is 129 Å². The highest BCUT2D eigenvalue weighted by Gasteiger charge is 2.53. The molecule has 0 atom stereocenters. The molecule has 1 heterocycles. The average molecular weight is 645 g/mol. The minimum absolute atomic E-state index is 0.00199. The van der Waals surface area contributed by atoms with Crippen molar-refractivity contribution in [3.63, 3.8) is 0 Å². The summed E-state index contributed by atoms with van der Waals surface area (Å²) in [6.07, 6.45) is 0. The van der Waals surface area contributed by atoms with Crippen molar-refractivity contribution in [2.24, 2.45) is 9.51 Å². The van der Waals surface area contributed by atoms with Gasteiger partial charge in [0.2, 0.25) is 0 Å². The molecule has 0 aromatic rings. The molecule has 0 spiro atoms. The van der Waals surface area contributed by atoms with Crippen molar-refractivity contribution in [2.45, 2.75) is 159 Å². The van der Waals surface area contributed by atoms with Crippen molar-refractivity contribution in [1.29, 1.82) is 0 Å². The van der Waals surface area contributed by atoms with E-state index in [0.717, 1.165) is 0 Å². The van der Waals surface area contributed by atoms with Gasteiger partial charge in [-0.3, -0.25) is 0 Å². The number of hydrogen-bond donors (Lipinski definition) is 0. The standard InChI is InChI=1S/C31H62N6O4P2/c1-19(2)34(20(3)4)42(35(21(5)6)22(7)8)32-29-27(30(38)40-17)28(31(39)41-18)43(33-29,36(23(9)10)24(11)12)37(25(13)14)26(15)16/h19-26H,1-18H3/b32-29+. The van der Waals surface area contributed by atoms with Gasteiger partial charge in [0.15, 0.2) is 14.2 Å². The van der Waals surface area contributed by atoms with E-state index < -0.39 is 27.7 Å². The maximum absolute atomic E-state index is 14.0. The van der Waals surface area contributed by atoms with Gasteiger partial charge in [-0.2, -0.15) is 0 Å².